The zero-order valence-electron chi connectivity index (χ0n) is 10.2. The third-order valence-corrected chi connectivity index (χ3v) is 3.39. The monoisotopic (exact) mass is 238 g/mol. The van der Waals surface area contributed by atoms with E-state index in [9.17, 15) is 0 Å². The second-order valence-corrected chi connectivity index (χ2v) is 5.02. The van der Waals surface area contributed by atoms with Crippen molar-refractivity contribution >= 4 is 11.8 Å². The number of hydrogen-bond donors (Lipinski definition) is 2. The Kier molecular flexibility index (Phi) is 6.53. The summed E-state index contributed by atoms with van der Waals surface area (Å²) in [7, 11) is 0. The van der Waals surface area contributed by atoms with Crippen LogP contribution in [0.1, 0.15) is 12.5 Å². The third-order valence-electron chi connectivity index (χ3n) is 2.64. The lowest BCUT2D eigenvalue weighted by Gasteiger charge is -2.09. The van der Waals surface area contributed by atoms with Crippen molar-refractivity contribution < 1.29 is 0 Å². The molecule has 0 aromatic heterocycles. The van der Waals surface area contributed by atoms with Gasteiger partial charge in [0.05, 0.1) is 0 Å². The number of benzene rings is 1. The summed E-state index contributed by atoms with van der Waals surface area (Å²) in [5, 5.41) is 3.43. The summed E-state index contributed by atoms with van der Waals surface area (Å²) >= 11 is 1.78. The molecule has 1 rings (SSSR count). The van der Waals surface area contributed by atoms with Gasteiger partial charge in [0.25, 0.3) is 0 Å². The van der Waals surface area contributed by atoms with Gasteiger partial charge >= 0.3 is 0 Å². The van der Waals surface area contributed by atoms with Gasteiger partial charge in [-0.2, -0.15) is 0 Å². The Morgan fingerprint density at radius 1 is 1.31 bits per heavy atom. The fourth-order valence-electron chi connectivity index (χ4n) is 1.46. The quantitative estimate of drug-likeness (QED) is 0.564. The SMILES string of the molecule is CSc1ccc(CCNCC(C)CN)cc1. The van der Waals surface area contributed by atoms with Crippen molar-refractivity contribution in [1.82, 2.24) is 5.32 Å². The fraction of sp³-hybridized carbons (Fsp3) is 0.538. The zero-order chi connectivity index (χ0) is 11.8. The smallest absolute Gasteiger partial charge is 0.00693 e. The lowest BCUT2D eigenvalue weighted by molar-refractivity contribution is 0.524. The van der Waals surface area contributed by atoms with Gasteiger partial charge in [-0.15, -0.1) is 11.8 Å². The highest BCUT2D eigenvalue weighted by molar-refractivity contribution is 7.98. The van der Waals surface area contributed by atoms with Crippen LogP contribution in [-0.4, -0.2) is 25.9 Å². The van der Waals surface area contributed by atoms with Gasteiger partial charge in [0, 0.05) is 4.90 Å². The Labute approximate surface area is 103 Å². The lowest BCUT2D eigenvalue weighted by atomic mass is 10.1. The molecule has 1 aromatic carbocycles. The van der Waals surface area contributed by atoms with Crippen LogP contribution in [0.15, 0.2) is 29.2 Å². The molecule has 0 bridgehead atoms. The molecule has 0 saturated heterocycles. The molecule has 3 heteroatoms. The molecule has 90 valence electrons. The average molecular weight is 238 g/mol. The molecule has 1 atom stereocenters. The van der Waals surface area contributed by atoms with Gasteiger partial charge < -0.3 is 11.1 Å². The summed E-state index contributed by atoms with van der Waals surface area (Å²) in [6.45, 7) is 4.97. The minimum atomic E-state index is 0.568. The average Bonchev–Trinajstić information content (AvgIpc) is 2.35. The van der Waals surface area contributed by atoms with E-state index in [1.54, 1.807) is 11.8 Å². The van der Waals surface area contributed by atoms with Crippen molar-refractivity contribution in [1.29, 1.82) is 0 Å². The highest BCUT2D eigenvalue weighted by Crippen LogP contribution is 2.14. The van der Waals surface area contributed by atoms with Crippen molar-refractivity contribution in [3.8, 4) is 0 Å². The van der Waals surface area contributed by atoms with Crippen LogP contribution in [0.25, 0.3) is 0 Å². The predicted octanol–water partition coefficient (Wildman–Crippen LogP) is 2.14. The Hall–Kier alpha value is -0.510. The molecule has 0 amide bonds. The second-order valence-electron chi connectivity index (χ2n) is 4.14. The van der Waals surface area contributed by atoms with Crippen LogP contribution in [0.2, 0.25) is 0 Å². The highest BCUT2D eigenvalue weighted by Gasteiger charge is 1.98. The molecule has 0 aliphatic rings. The maximum atomic E-state index is 5.56. The van der Waals surface area contributed by atoms with Crippen LogP contribution in [0.3, 0.4) is 0 Å². The minimum Gasteiger partial charge on any atom is -0.330 e. The van der Waals surface area contributed by atoms with Crippen LogP contribution in [0.4, 0.5) is 0 Å². The van der Waals surface area contributed by atoms with Crippen molar-refractivity contribution in [2.45, 2.75) is 18.2 Å². The number of thioether (sulfide) groups is 1. The van der Waals surface area contributed by atoms with E-state index in [-0.39, 0.29) is 0 Å². The van der Waals surface area contributed by atoms with Crippen LogP contribution in [0, 0.1) is 5.92 Å². The van der Waals surface area contributed by atoms with Crippen LogP contribution >= 0.6 is 11.8 Å². The number of rotatable bonds is 7. The molecule has 2 nitrogen and oxygen atoms in total. The fourth-order valence-corrected chi connectivity index (χ4v) is 1.86. The van der Waals surface area contributed by atoms with Gasteiger partial charge in [-0.1, -0.05) is 19.1 Å². The molecule has 0 fully saturated rings. The zero-order valence-corrected chi connectivity index (χ0v) is 11.0. The first-order valence-electron chi connectivity index (χ1n) is 5.80. The molecule has 0 heterocycles. The molecule has 0 radical (unpaired) electrons. The van der Waals surface area contributed by atoms with Gasteiger partial charge in [-0.05, 0) is 55.9 Å². The molecular formula is C13H22N2S. The predicted molar refractivity (Wildman–Crippen MR) is 73.0 cm³/mol. The molecule has 0 aliphatic heterocycles. The second kappa shape index (κ2) is 7.71. The molecule has 0 saturated carbocycles. The summed E-state index contributed by atoms with van der Waals surface area (Å²) < 4.78 is 0. The first kappa shape index (κ1) is 13.6. The van der Waals surface area contributed by atoms with E-state index in [1.807, 2.05) is 0 Å². The Balaban J connectivity index is 2.21. The van der Waals surface area contributed by atoms with E-state index in [1.165, 1.54) is 10.5 Å². The molecule has 1 aromatic rings. The topological polar surface area (TPSA) is 38.0 Å². The van der Waals surface area contributed by atoms with Gasteiger partial charge in [-0.3, -0.25) is 0 Å². The normalized spacial score (nSPS) is 12.7. The maximum Gasteiger partial charge on any atom is 0.00693 e. The summed E-state index contributed by atoms with van der Waals surface area (Å²) in [5.74, 6) is 0.568. The largest absolute Gasteiger partial charge is 0.330 e. The van der Waals surface area contributed by atoms with Crippen molar-refractivity contribution in [2.75, 3.05) is 25.9 Å². The van der Waals surface area contributed by atoms with Gasteiger partial charge in [0.15, 0.2) is 0 Å². The van der Waals surface area contributed by atoms with E-state index in [0.29, 0.717) is 5.92 Å². The van der Waals surface area contributed by atoms with Gasteiger partial charge in [0.1, 0.15) is 0 Å². The molecular weight excluding hydrogens is 216 g/mol. The van der Waals surface area contributed by atoms with Crippen LogP contribution < -0.4 is 11.1 Å². The van der Waals surface area contributed by atoms with Crippen molar-refractivity contribution in [2.24, 2.45) is 11.7 Å². The molecule has 16 heavy (non-hydrogen) atoms. The maximum absolute atomic E-state index is 5.56. The molecule has 0 spiro atoms. The van der Waals surface area contributed by atoms with Crippen LogP contribution in [0.5, 0.6) is 0 Å². The summed E-state index contributed by atoms with van der Waals surface area (Å²) in [6.07, 6.45) is 3.19. The van der Waals surface area contributed by atoms with E-state index < -0.39 is 0 Å². The lowest BCUT2D eigenvalue weighted by Crippen LogP contribution is -2.27. The molecule has 0 aliphatic carbocycles. The number of hydrogen-bond acceptors (Lipinski definition) is 3. The first-order valence-corrected chi connectivity index (χ1v) is 7.02. The van der Waals surface area contributed by atoms with Gasteiger partial charge in [-0.25, -0.2) is 0 Å². The first-order chi connectivity index (χ1) is 7.76. The van der Waals surface area contributed by atoms with Crippen LogP contribution in [-0.2, 0) is 6.42 Å². The van der Waals surface area contributed by atoms with E-state index in [4.69, 9.17) is 5.73 Å². The molecule has 3 N–H and O–H groups in total. The Morgan fingerprint density at radius 2 is 2.00 bits per heavy atom. The van der Waals surface area contributed by atoms with Crippen molar-refractivity contribution in [3.05, 3.63) is 29.8 Å². The van der Waals surface area contributed by atoms with E-state index in [2.05, 4.69) is 42.8 Å². The van der Waals surface area contributed by atoms with E-state index >= 15 is 0 Å². The summed E-state index contributed by atoms with van der Waals surface area (Å²) in [4.78, 5) is 1.33. The standard InChI is InChI=1S/C13H22N2S/c1-11(9-14)10-15-8-7-12-3-5-13(16-2)6-4-12/h3-6,11,15H,7-10,14H2,1-2H3. The van der Waals surface area contributed by atoms with E-state index in [0.717, 1.165) is 26.1 Å². The summed E-state index contributed by atoms with van der Waals surface area (Å²) in [5.41, 5.74) is 6.95. The summed E-state index contributed by atoms with van der Waals surface area (Å²) in [6, 6.07) is 8.78. The highest BCUT2D eigenvalue weighted by atomic mass is 32.2. The third kappa shape index (κ3) is 5.01. The minimum absolute atomic E-state index is 0.568. The van der Waals surface area contributed by atoms with Gasteiger partial charge in [0.2, 0.25) is 0 Å². The number of nitrogens with two attached hydrogens (primary N) is 1. The van der Waals surface area contributed by atoms with Crippen molar-refractivity contribution in [3.63, 3.8) is 0 Å². The number of nitrogens with one attached hydrogen (secondary N) is 1. The molecule has 1 unspecified atom stereocenters. The Morgan fingerprint density at radius 3 is 2.56 bits per heavy atom. The Bertz CT molecular complexity index is 284.